The normalized spacial score (nSPS) is 19.6. The molecule has 0 aliphatic carbocycles. The molecule has 0 spiro atoms. The number of alkyl halides is 3. The van der Waals surface area contributed by atoms with Gasteiger partial charge in [-0.15, -0.1) is 0 Å². The van der Waals surface area contributed by atoms with Crippen molar-refractivity contribution in [1.82, 2.24) is 0 Å². The number of hydrogen-bond donors (Lipinski definition) is 1. The van der Waals surface area contributed by atoms with E-state index in [0.29, 0.717) is 17.4 Å². The molecule has 2 rings (SSSR count). The summed E-state index contributed by atoms with van der Waals surface area (Å²) >= 11 is 3.25. The number of halogens is 4. The Balaban J connectivity index is 2.33. The molecule has 1 saturated heterocycles. The van der Waals surface area contributed by atoms with Gasteiger partial charge in [-0.2, -0.15) is 13.2 Å². The van der Waals surface area contributed by atoms with E-state index in [-0.39, 0.29) is 18.3 Å². The molecule has 1 aromatic carbocycles. The van der Waals surface area contributed by atoms with E-state index in [9.17, 15) is 13.2 Å². The quantitative estimate of drug-likeness (QED) is 0.878. The molecule has 1 unspecified atom stereocenters. The largest absolute Gasteiger partial charge is 0.418 e. The van der Waals surface area contributed by atoms with Gasteiger partial charge in [0.2, 0.25) is 0 Å². The van der Waals surface area contributed by atoms with Crippen LogP contribution >= 0.6 is 15.9 Å². The first-order chi connectivity index (χ1) is 9.43. The molecule has 2 nitrogen and oxygen atoms in total. The van der Waals surface area contributed by atoms with Crippen LogP contribution in [0.5, 0.6) is 0 Å². The lowest BCUT2D eigenvalue weighted by Gasteiger charge is -2.29. The lowest BCUT2D eigenvalue weighted by atomic mass is 10.1. The number of benzene rings is 1. The molecule has 0 bridgehead atoms. The molecule has 1 aliphatic heterocycles. The van der Waals surface area contributed by atoms with Crippen LogP contribution in [0.1, 0.15) is 31.2 Å². The average Bonchev–Trinajstić information content (AvgIpc) is 2.82. The summed E-state index contributed by atoms with van der Waals surface area (Å²) in [7, 11) is 0. The fraction of sp³-hybridized carbons (Fsp3) is 0.571. The minimum atomic E-state index is -4.35. The summed E-state index contributed by atoms with van der Waals surface area (Å²) in [6.45, 7) is 0.713. The van der Waals surface area contributed by atoms with E-state index in [2.05, 4.69) is 15.9 Å². The zero-order valence-corrected chi connectivity index (χ0v) is 12.5. The maximum absolute atomic E-state index is 13.1. The molecule has 20 heavy (non-hydrogen) atoms. The Hall–Kier alpha value is -0.750. The van der Waals surface area contributed by atoms with Gasteiger partial charge in [-0.3, -0.25) is 0 Å². The maximum Gasteiger partial charge on any atom is 0.418 e. The molecule has 0 saturated carbocycles. The highest BCUT2D eigenvalue weighted by molar-refractivity contribution is 9.10. The van der Waals surface area contributed by atoms with Gasteiger partial charge in [-0.1, -0.05) is 15.9 Å². The van der Waals surface area contributed by atoms with Crippen molar-refractivity contribution in [3.8, 4) is 0 Å². The van der Waals surface area contributed by atoms with Crippen LogP contribution in [-0.4, -0.2) is 24.3 Å². The molecule has 0 amide bonds. The van der Waals surface area contributed by atoms with Gasteiger partial charge in [0, 0.05) is 23.7 Å². The molecule has 0 radical (unpaired) electrons. The van der Waals surface area contributed by atoms with Crippen molar-refractivity contribution in [3.05, 3.63) is 28.2 Å². The van der Waals surface area contributed by atoms with Gasteiger partial charge in [0.05, 0.1) is 11.3 Å². The Labute approximate surface area is 124 Å². The van der Waals surface area contributed by atoms with Gasteiger partial charge >= 0.3 is 6.18 Å². The van der Waals surface area contributed by atoms with Crippen LogP contribution in [0.4, 0.5) is 18.9 Å². The third-order valence-electron chi connectivity index (χ3n) is 3.65. The maximum atomic E-state index is 13.1. The number of rotatable bonds is 4. The van der Waals surface area contributed by atoms with Crippen LogP contribution in [0.25, 0.3) is 0 Å². The standard InChI is InChI=1S/C14H17BrF3NO/c15-10-5-6-12(14(16,17)18)13(9-10)19-7-1-3-11(19)4-2-8-20/h5-6,9,11,20H,1-4,7-8H2. The second-order valence-corrected chi connectivity index (χ2v) is 5.93. The van der Waals surface area contributed by atoms with Crippen molar-refractivity contribution in [2.24, 2.45) is 0 Å². The predicted molar refractivity (Wildman–Crippen MR) is 75.8 cm³/mol. The smallest absolute Gasteiger partial charge is 0.396 e. The van der Waals surface area contributed by atoms with Gasteiger partial charge < -0.3 is 10.0 Å². The zero-order valence-electron chi connectivity index (χ0n) is 11.0. The molecular formula is C14H17BrF3NO. The Kier molecular flexibility index (Phi) is 4.96. The number of aliphatic hydroxyl groups excluding tert-OH is 1. The van der Waals surface area contributed by atoms with Gasteiger partial charge in [0.1, 0.15) is 0 Å². The number of hydrogen-bond acceptors (Lipinski definition) is 2. The summed E-state index contributed by atoms with van der Waals surface area (Å²) in [6, 6.07) is 4.17. The molecule has 1 fully saturated rings. The van der Waals surface area contributed by atoms with Crippen molar-refractivity contribution >= 4 is 21.6 Å². The SMILES string of the molecule is OCCCC1CCCN1c1cc(Br)ccc1C(F)(F)F. The lowest BCUT2D eigenvalue weighted by molar-refractivity contribution is -0.137. The number of aliphatic hydroxyl groups is 1. The summed E-state index contributed by atoms with van der Waals surface area (Å²) in [5.41, 5.74) is -0.344. The molecule has 1 aliphatic rings. The van der Waals surface area contributed by atoms with E-state index in [0.717, 1.165) is 25.3 Å². The minimum Gasteiger partial charge on any atom is -0.396 e. The van der Waals surface area contributed by atoms with Crippen molar-refractivity contribution in [2.45, 2.75) is 37.9 Å². The minimum absolute atomic E-state index is 0.0783. The van der Waals surface area contributed by atoms with Gasteiger partial charge in [-0.05, 0) is 43.9 Å². The molecular weight excluding hydrogens is 335 g/mol. The second kappa shape index (κ2) is 6.35. The topological polar surface area (TPSA) is 23.5 Å². The van der Waals surface area contributed by atoms with Crippen LogP contribution in [0, 0.1) is 0 Å². The summed E-state index contributed by atoms with van der Waals surface area (Å²) in [5.74, 6) is 0. The third kappa shape index (κ3) is 3.47. The summed E-state index contributed by atoms with van der Waals surface area (Å²) < 4.78 is 40.0. The first-order valence-electron chi connectivity index (χ1n) is 6.67. The summed E-state index contributed by atoms with van der Waals surface area (Å²) in [4.78, 5) is 1.84. The van der Waals surface area contributed by atoms with Crippen LogP contribution in [0.2, 0.25) is 0 Å². The van der Waals surface area contributed by atoms with Crippen LogP contribution in [-0.2, 0) is 6.18 Å². The van der Waals surface area contributed by atoms with E-state index < -0.39 is 11.7 Å². The van der Waals surface area contributed by atoms with E-state index in [4.69, 9.17) is 5.11 Å². The first kappa shape index (κ1) is 15.6. The van der Waals surface area contributed by atoms with Crippen LogP contribution in [0.3, 0.4) is 0 Å². The number of nitrogens with zero attached hydrogens (tertiary/aromatic N) is 1. The molecule has 1 heterocycles. The van der Waals surface area contributed by atoms with Crippen molar-refractivity contribution in [3.63, 3.8) is 0 Å². The van der Waals surface area contributed by atoms with E-state index >= 15 is 0 Å². The molecule has 1 aromatic rings. The predicted octanol–water partition coefficient (Wildman–Crippen LogP) is 4.21. The van der Waals surface area contributed by atoms with Gasteiger partial charge in [-0.25, -0.2) is 0 Å². The Morgan fingerprint density at radius 3 is 2.75 bits per heavy atom. The highest BCUT2D eigenvalue weighted by Gasteiger charge is 2.37. The summed E-state index contributed by atoms with van der Waals surface area (Å²) in [6.07, 6.45) is -1.24. The Morgan fingerprint density at radius 1 is 1.35 bits per heavy atom. The lowest BCUT2D eigenvalue weighted by Crippen LogP contribution is -2.31. The second-order valence-electron chi connectivity index (χ2n) is 5.01. The fourth-order valence-corrected chi connectivity index (χ4v) is 3.11. The van der Waals surface area contributed by atoms with Crippen LogP contribution in [0.15, 0.2) is 22.7 Å². The Bertz CT molecular complexity index is 464. The van der Waals surface area contributed by atoms with E-state index in [1.807, 2.05) is 4.90 Å². The summed E-state index contributed by atoms with van der Waals surface area (Å²) in [5, 5.41) is 8.91. The first-order valence-corrected chi connectivity index (χ1v) is 7.47. The zero-order chi connectivity index (χ0) is 14.8. The Morgan fingerprint density at radius 2 is 2.10 bits per heavy atom. The van der Waals surface area contributed by atoms with Crippen molar-refractivity contribution in [2.75, 3.05) is 18.1 Å². The van der Waals surface area contributed by atoms with E-state index in [1.165, 1.54) is 6.07 Å². The third-order valence-corrected chi connectivity index (χ3v) is 4.14. The fourth-order valence-electron chi connectivity index (χ4n) is 2.76. The molecule has 1 N–H and O–H groups in total. The number of anilines is 1. The highest BCUT2D eigenvalue weighted by Crippen LogP contribution is 2.40. The van der Waals surface area contributed by atoms with Crippen molar-refractivity contribution < 1.29 is 18.3 Å². The van der Waals surface area contributed by atoms with Crippen molar-refractivity contribution in [1.29, 1.82) is 0 Å². The monoisotopic (exact) mass is 351 g/mol. The molecule has 0 aromatic heterocycles. The highest BCUT2D eigenvalue weighted by atomic mass is 79.9. The van der Waals surface area contributed by atoms with Crippen LogP contribution < -0.4 is 4.90 Å². The van der Waals surface area contributed by atoms with E-state index in [1.54, 1.807) is 6.07 Å². The van der Waals surface area contributed by atoms with Gasteiger partial charge in [0.25, 0.3) is 0 Å². The molecule has 6 heteroatoms. The average molecular weight is 352 g/mol. The molecule has 1 atom stereocenters. The van der Waals surface area contributed by atoms with Gasteiger partial charge in [0.15, 0.2) is 0 Å². The molecule has 112 valence electrons.